The van der Waals surface area contributed by atoms with E-state index in [0.717, 1.165) is 21.9 Å². The summed E-state index contributed by atoms with van der Waals surface area (Å²) in [5.41, 5.74) is 2.05. The van der Waals surface area contributed by atoms with Crippen molar-refractivity contribution < 1.29 is 9.90 Å². The van der Waals surface area contributed by atoms with Gasteiger partial charge in [-0.05, 0) is 30.9 Å². The zero-order valence-electron chi connectivity index (χ0n) is 8.91. The smallest absolute Gasteiger partial charge is 0.354 e. The van der Waals surface area contributed by atoms with E-state index in [1.54, 1.807) is 6.07 Å². The van der Waals surface area contributed by atoms with Gasteiger partial charge < -0.3 is 5.11 Å². The highest BCUT2D eigenvalue weighted by atomic mass is 35.5. The Balaban J connectivity index is 2.87. The lowest BCUT2D eigenvalue weighted by molar-refractivity contribution is 0.0690. The molecule has 1 aromatic carbocycles. The second-order valence-corrected chi connectivity index (χ2v) is 4.14. The lowest BCUT2D eigenvalue weighted by atomic mass is 10.0. The number of nitrogens with zero attached hydrogens (tertiary/aromatic N) is 1. The van der Waals surface area contributed by atoms with Crippen molar-refractivity contribution in [2.45, 2.75) is 13.8 Å². The van der Waals surface area contributed by atoms with Gasteiger partial charge in [0, 0.05) is 5.39 Å². The Morgan fingerprint density at radius 1 is 1.31 bits per heavy atom. The van der Waals surface area contributed by atoms with Gasteiger partial charge in [0.1, 0.15) is 5.15 Å². The first-order chi connectivity index (χ1) is 7.49. The molecule has 0 radical (unpaired) electrons. The number of carboxylic acid groups (broad SMARTS) is 1. The molecule has 0 spiro atoms. The molecule has 0 aliphatic heterocycles. The summed E-state index contributed by atoms with van der Waals surface area (Å²) < 4.78 is 0. The first kappa shape index (κ1) is 10.9. The maximum Gasteiger partial charge on any atom is 0.354 e. The molecule has 1 N–H and O–H groups in total. The van der Waals surface area contributed by atoms with Crippen LogP contribution in [-0.4, -0.2) is 16.1 Å². The Morgan fingerprint density at radius 3 is 2.62 bits per heavy atom. The van der Waals surface area contributed by atoms with Crippen molar-refractivity contribution in [2.75, 3.05) is 0 Å². The van der Waals surface area contributed by atoms with Gasteiger partial charge in [0.15, 0.2) is 5.69 Å². The molecular formula is C12H10ClNO2. The van der Waals surface area contributed by atoms with Gasteiger partial charge in [-0.2, -0.15) is 0 Å². The Hall–Kier alpha value is -1.61. The van der Waals surface area contributed by atoms with E-state index in [-0.39, 0.29) is 10.8 Å². The molecule has 0 unspecified atom stereocenters. The van der Waals surface area contributed by atoms with E-state index in [0.29, 0.717) is 0 Å². The zero-order valence-corrected chi connectivity index (χ0v) is 9.67. The van der Waals surface area contributed by atoms with Crippen molar-refractivity contribution >= 4 is 28.3 Å². The third kappa shape index (κ3) is 1.74. The van der Waals surface area contributed by atoms with Gasteiger partial charge in [0.05, 0.1) is 0 Å². The predicted octanol–water partition coefficient (Wildman–Crippen LogP) is 3.20. The molecule has 0 fully saturated rings. The van der Waals surface area contributed by atoms with Crippen LogP contribution >= 0.6 is 11.6 Å². The molecule has 16 heavy (non-hydrogen) atoms. The summed E-state index contributed by atoms with van der Waals surface area (Å²) in [6.45, 7) is 3.89. The molecule has 0 aliphatic carbocycles. The monoisotopic (exact) mass is 235 g/mol. The summed E-state index contributed by atoms with van der Waals surface area (Å²) in [6, 6.07) is 5.45. The number of carboxylic acids is 1. The number of hydrogen-bond acceptors (Lipinski definition) is 2. The Labute approximate surface area is 97.7 Å². The summed E-state index contributed by atoms with van der Waals surface area (Å²) in [4.78, 5) is 14.7. The molecule has 1 aromatic heterocycles. The summed E-state index contributed by atoms with van der Waals surface area (Å²) in [7, 11) is 0. The summed E-state index contributed by atoms with van der Waals surface area (Å²) in [6.07, 6.45) is 0. The van der Waals surface area contributed by atoms with Gasteiger partial charge in [-0.15, -0.1) is 0 Å². The minimum Gasteiger partial charge on any atom is -0.477 e. The molecule has 4 heteroatoms. The van der Waals surface area contributed by atoms with Crippen LogP contribution in [0.3, 0.4) is 0 Å². The highest BCUT2D eigenvalue weighted by Gasteiger charge is 2.11. The lowest BCUT2D eigenvalue weighted by Gasteiger charge is -2.06. The molecule has 0 saturated carbocycles. The number of fused-ring (bicyclic) bond motifs is 1. The maximum absolute atomic E-state index is 10.8. The van der Waals surface area contributed by atoms with Crippen LogP contribution in [0.5, 0.6) is 0 Å². The molecule has 0 amide bonds. The van der Waals surface area contributed by atoms with Crippen molar-refractivity contribution in [3.8, 4) is 0 Å². The Bertz CT molecular complexity index is 593. The van der Waals surface area contributed by atoms with E-state index in [4.69, 9.17) is 16.7 Å². The number of aryl methyl sites for hydroxylation is 2. The van der Waals surface area contributed by atoms with Crippen LogP contribution in [0.15, 0.2) is 18.2 Å². The normalized spacial score (nSPS) is 10.7. The maximum atomic E-state index is 10.8. The van der Waals surface area contributed by atoms with E-state index in [1.165, 1.54) is 0 Å². The van der Waals surface area contributed by atoms with Crippen LogP contribution in [-0.2, 0) is 0 Å². The number of pyridine rings is 1. The van der Waals surface area contributed by atoms with Gasteiger partial charge in [-0.1, -0.05) is 29.3 Å². The van der Waals surface area contributed by atoms with Crippen LogP contribution in [0.4, 0.5) is 0 Å². The summed E-state index contributed by atoms with van der Waals surface area (Å²) in [5, 5.41) is 10.8. The number of aromatic carboxylic acids is 1. The van der Waals surface area contributed by atoms with E-state index < -0.39 is 5.97 Å². The number of rotatable bonds is 1. The second-order valence-electron chi connectivity index (χ2n) is 3.78. The largest absolute Gasteiger partial charge is 0.477 e. The van der Waals surface area contributed by atoms with Gasteiger partial charge in [0.25, 0.3) is 0 Å². The van der Waals surface area contributed by atoms with E-state index in [1.807, 2.05) is 26.0 Å². The van der Waals surface area contributed by atoms with Crippen LogP contribution in [0.2, 0.25) is 5.15 Å². The molecule has 0 saturated heterocycles. The van der Waals surface area contributed by atoms with Crippen LogP contribution in [0.1, 0.15) is 21.6 Å². The first-order valence-electron chi connectivity index (χ1n) is 4.80. The molecule has 0 bridgehead atoms. The van der Waals surface area contributed by atoms with Crippen LogP contribution < -0.4 is 0 Å². The third-order valence-electron chi connectivity index (χ3n) is 2.45. The average molecular weight is 236 g/mol. The quantitative estimate of drug-likeness (QED) is 0.773. The van der Waals surface area contributed by atoms with Gasteiger partial charge in [0.2, 0.25) is 0 Å². The standard InChI is InChI=1S/C12H10ClNO2/c1-6-3-7(2)10-8(4-6)5-9(12(15)16)14-11(10)13/h3-5H,1-2H3,(H,15,16). The van der Waals surface area contributed by atoms with Crippen LogP contribution in [0.25, 0.3) is 10.8 Å². The van der Waals surface area contributed by atoms with Crippen molar-refractivity contribution in [2.24, 2.45) is 0 Å². The highest BCUT2D eigenvalue weighted by molar-refractivity contribution is 6.34. The SMILES string of the molecule is Cc1cc(C)c2c(Cl)nc(C(=O)O)cc2c1. The third-order valence-corrected chi connectivity index (χ3v) is 2.72. The van der Waals surface area contributed by atoms with E-state index >= 15 is 0 Å². The minimum absolute atomic E-state index is 0.0255. The van der Waals surface area contributed by atoms with Crippen molar-refractivity contribution in [1.29, 1.82) is 0 Å². The topological polar surface area (TPSA) is 50.2 Å². The fraction of sp³-hybridized carbons (Fsp3) is 0.167. The number of aromatic nitrogens is 1. The Morgan fingerprint density at radius 2 is 2.00 bits per heavy atom. The molecule has 1 heterocycles. The van der Waals surface area contributed by atoms with Crippen LogP contribution in [0, 0.1) is 13.8 Å². The number of halogens is 1. The zero-order chi connectivity index (χ0) is 11.9. The molecule has 82 valence electrons. The van der Waals surface area contributed by atoms with Gasteiger partial charge in [-0.3, -0.25) is 0 Å². The predicted molar refractivity (Wildman–Crippen MR) is 63.2 cm³/mol. The molecule has 0 aliphatic rings. The van der Waals surface area contributed by atoms with E-state index in [9.17, 15) is 4.79 Å². The molecule has 2 rings (SSSR count). The minimum atomic E-state index is -1.07. The number of hydrogen-bond donors (Lipinski definition) is 1. The number of carbonyl (C=O) groups is 1. The van der Waals surface area contributed by atoms with Gasteiger partial charge >= 0.3 is 5.97 Å². The first-order valence-corrected chi connectivity index (χ1v) is 5.17. The fourth-order valence-electron chi connectivity index (χ4n) is 1.85. The van der Waals surface area contributed by atoms with Crippen molar-refractivity contribution in [3.63, 3.8) is 0 Å². The highest BCUT2D eigenvalue weighted by Crippen LogP contribution is 2.27. The second kappa shape index (κ2) is 3.76. The number of benzene rings is 1. The average Bonchev–Trinajstić information content (AvgIpc) is 2.15. The summed E-state index contributed by atoms with van der Waals surface area (Å²) >= 11 is 5.99. The Kier molecular flexibility index (Phi) is 2.56. The summed E-state index contributed by atoms with van der Waals surface area (Å²) in [5.74, 6) is -1.07. The van der Waals surface area contributed by atoms with E-state index in [2.05, 4.69) is 4.98 Å². The molecule has 2 aromatic rings. The van der Waals surface area contributed by atoms with Gasteiger partial charge in [-0.25, -0.2) is 9.78 Å². The fourth-order valence-corrected chi connectivity index (χ4v) is 2.20. The molecule has 3 nitrogen and oxygen atoms in total. The van der Waals surface area contributed by atoms with Crippen molar-refractivity contribution in [3.05, 3.63) is 40.2 Å². The molecular weight excluding hydrogens is 226 g/mol. The lowest BCUT2D eigenvalue weighted by Crippen LogP contribution is -2.01. The molecule has 0 atom stereocenters. The van der Waals surface area contributed by atoms with Crippen molar-refractivity contribution in [1.82, 2.24) is 4.98 Å².